The van der Waals surface area contributed by atoms with Gasteiger partial charge in [0.05, 0.1) is 0 Å². The summed E-state index contributed by atoms with van der Waals surface area (Å²) < 4.78 is 4.96. The second-order valence-electron chi connectivity index (χ2n) is 4.16. The third kappa shape index (κ3) is 2.15. The van der Waals surface area contributed by atoms with Crippen LogP contribution in [-0.4, -0.2) is 11.4 Å². The second-order valence-corrected chi connectivity index (χ2v) is 4.16. The third-order valence-electron chi connectivity index (χ3n) is 2.73. The van der Waals surface area contributed by atoms with Gasteiger partial charge in [-0.05, 0) is 29.3 Å². The van der Waals surface area contributed by atoms with Gasteiger partial charge < -0.3 is 4.52 Å². The van der Waals surface area contributed by atoms with Crippen molar-refractivity contribution in [3.8, 4) is 0 Å². The van der Waals surface area contributed by atoms with Crippen molar-refractivity contribution in [2.24, 2.45) is 4.99 Å². The molecule has 0 fully saturated rings. The van der Waals surface area contributed by atoms with E-state index in [0.29, 0.717) is 5.82 Å². The Morgan fingerprint density at radius 1 is 1.06 bits per heavy atom. The van der Waals surface area contributed by atoms with Crippen LogP contribution in [0.4, 0.5) is 5.82 Å². The summed E-state index contributed by atoms with van der Waals surface area (Å²) in [5.41, 5.74) is 1.05. The third-order valence-corrected chi connectivity index (χ3v) is 2.73. The summed E-state index contributed by atoms with van der Waals surface area (Å²) in [6, 6.07) is 16.3. The molecule has 0 aliphatic rings. The molecule has 0 radical (unpaired) electrons. The van der Waals surface area contributed by atoms with Crippen molar-refractivity contribution >= 4 is 22.8 Å². The van der Waals surface area contributed by atoms with Crippen molar-refractivity contribution in [3.63, 3.8) is 0 Å². The van der Waals surface area contributed by atoms with E-state index in [2.05, 4.69) is 34.4 Å². The lowest BCUT2D eigenvalue weighted by Crippen LogP contribution is -1.81. The summed E-state index contributed by atoms with van der Waals surface area (Å²) in [4.78, 5) is 4.27. The molecule has 0 atom stereocenters. The van der Waals surface area contributed by atoms with Gasteiger partial charge in [0.15, 0.2) is 5.82 Å². The summed E-state index contributed by atoms with van der Waals surface area (Å²) in [6.07, 6.45) is 1.80. The first-order valence-corrected chi connectivity index (χ1v) is 5.77. The Morgan fingerprint density at radius 2 is 1.89 bits per heavy atom. The Bertz CT molecular complexity index is 713. The number of nitrogens with zero attached hydrogens (tertiary/aromatic N) is 2. The fourth-order valence-electron chi connectivity index (χ4n) is 1.84. The fourth-order valence-corrected chi connectivity index (χ4v) is 1.84. The van der Waals surface area contributed by atoms with E-state index in [1.54, 1.807) is 12.3 Å². The normalized spacial score (nSPS) is 11.4. The average Bonchev–Trinajstić information content (AvgIpc) is 2.82. The van der Waals surface area contributed by atoms with Gasteiger partial charge in [0.1, 0.15) is 5.76 Å². The molecule has 2 aromatic carbocycles. The Morgan fingerprint density at radius 3 is 2.67 bits per heavy atom. The number of aromatic nitrogens is 1. The minimum absolute atomic E-state index is 0.598. The van der Waals surface area contributed by atoms with Crippen molar-refractivity contribution in [2.45, 2.75) is 6.92 Å². The predicted molar refractivity (Wildman–Crippen MR) is 72.4 cm³/mol. The van der Waals surface area contributed by atoms with Crippen molar-refractivity contribution in [2.75, 3.05) is 0 Å². The molecule has 0 aliphatic carbocycles. The summed E-state index contributed by atoms with van der Waals surface area (Å²) in [6.45, 7) is 1.85. The van der Waals surface area contributed by atoms with Crippen LogP contribution in [0.15, 0.2) is 58.0 Å². The SMILES string of the molecule is Cc1cc(/N=C/c2ccc3ccccc3c2)no1. The highest BCUT2D eigenvalue weighted by molar-refractivity contribution is 5.91. The molecule has 0 saturated heterocycles. The van der Waals surface area contributed by atoms with Crippen LogP contribution in [0.1, 0.15) is 11.3 Å². The van der Waals surface area contributed by atoms with Crippen LogP contribution in [0.2, 0.25) is 0 Å². The molecular weight excluding hydrogens is 224 g/mol. The minimum atomic E-state index is 0.598. The molecule has 3 aromatic rings. The summed E-state index contributed by atoms with van der Waals surface area (Å²) >= 11 is 0. The standard InChI is InChI=1S/C15H12N2O/c1-11-8-15(17-18-11)16-10-12-6-7-13-4-2-3-5-14(13)9-12/h2-10H,1H3/b16-10+. The molecule has 0 unspecified atom stereocenters. The van der Waals surface area contributed by atoms with E-state index in [4.69, 9.17) is 4.52 Å². The highest BCUT2D eigenvalue weighted by Crippen LogP contribution is 2.16. The highest BCUT2D eigenvalue weighted by atomic mass is 16.5. The molecule has 0 N–H and O–H groups in total. The maximum Gasteiger partial charge on any atom is 0.195 e. The number of rotatable bonds is 2. The van der Waals surface area contributed by atoms with Gasteiger partial charge in [0.2, 0.25) is 0 Å². The topological polar surface area (TPSA) is 38.4 Å². The number of fused-ring (bicyclic) bond motifs is 1. The van der Waals surface area contributed by atoms with Crippen LogP contribution >= 0.6 is 0 Å². The zero-order chi connectivity index (χ0) is 12.4. The highest BCUT2D eigenvalue weighted by Gasteiger charge is 1.97. The lowest BCUT2D eigenvalue weighted by molar-refractivity contribution is 0.399. The molecule has 3 heteroatoms. The van der Waals surface area contributed by atoms with Gasteiger partial charge in [-0.1, -0.05) is 41.6 Å². The molecular formula is C15H12N2O. The summed E-state index contributed by atoms with van der Waals surface area (Å²) in [7, 11) is 0. The van der Waals surface area contributed by atoms with Gasteiger partial charge in [-0.3, -0.25) is 0 Å². The number of aliphatic imine (C=N–C) groups is 1. The zero-order valence-electron chi connectivity index (χ0n) is 10.00. The first kappa shape index (κ1) is 10.7. The molecule has 1 heterocycles. The lowest BCUT2D eigenvalue weighted by Gasteiger charge is -1.98. The summed E-state index contributed by atoms with van der Waals surface area (Å²) in [5.74, 6) is 1.36. The maximum absolute atomic E-state index is 4.96. The molecule has 0 aliphatic heterocycles. The van der Waals surface area contributed by atoms with Crippen LogP contribution in [0.3, 0.4) is 0 Å². The van der Waals surface area contributed by atoms with Crippen molar-refractivity contribution < 1.29 is 4.52 Å². The average molecular weight is 236 g/mol. The maximum atomic E-state index is 4.96. The smallest absolute Gasteiger partial charge is 0.195 e. The van der Waals surface area contributed by atoms with Crippen LogP contribution < -0.4 is 0 Å². The van der Waals surface area contributed by atoms with Crippen molar-refractivity contribution in [3.05, 3.63) is 59.9 Å². The molecule has 18 heavy (non-hydrogen) atoms. The first-order chi connectivity index (χ1) is 8.81. The van der Waals surface area contributed by atoms with Crippen molar-refractivity contribution in [1.29, 1.82) is 0 Å². The van der Waals surface area contributed by atoms with E-state index in [9.17, 15) is 0 Å². The van der Waals surface area contributed by atoms with E-state index in [1.807, 2.05) is 25.1 Å². The quantitative estimate of drug-likeness (QED) is 0.633. The Labute approximate surface area is 105 Å². The molecule has 3 rings (SSSR count). The van der Waals surface area contributed by atoms with Gasteiger partial charge >= 0.3 is 0 Å². The van der Waals surface area contributed by atoms with Gasteiger partial charge in [-0.25, -0.2) is 4.99 Å². The van der Waals surface area contributed by atoms with E-state index in [1.165, 1.54) is 10.8 Å². The number of hydrogen-bond donors (Lipinski definition) is 0. The molecule has 0 spiro atoms. The van der Waals surface area contributed by atoms with E-state index in [0.717, 1.165) is 11.3 Å². The lowest BCUT2D eigenvalue weighted by atomic mass is 10.1. The summed E-state index contributed by atoms with van der Waals surface area (Å²) in [5, 5.41) is 6.26. The van der Waals surface area contributed by atoms with E-state index in [-0.39, 0.29) is 0 Å². The Hall–Kier alpha value is -2.42. The van der Waals surface area contributed by atoms with Gasteiger partial charge in [-0.2, -0.15) is 0 Å². The van der Waals surface area contributed by atoms with Crippen LogP contribution in [0.5, 0.6) is 0 Å². The van der Waals surface area contributed by atoms with Crippen LogP contribution in [0, 0.1) is 6.92 Å². The predicted octanol–water partition coefficient (Wildman–Crippen LogP) is 3.89. The zero-order valence-corrected chi connectivity index (χ0v) is 10.00. The van der Waals surface area contributed by atoms with Gasteiger partial charge in [0.25, 0.3) is 0 Å². The van der Waals surface area contributed by atoms with Gasteiger partial charge in [-0.15, -0.1) is 0 Å². The molecule has 3 nitrogen and oxygen atoms in total. The fraction of sp³-hybridized carbons (Fsp3) is 0.0667. The number of hydrogen-bond acceptors (Lipinski definition) is 3. The molecule has 0 saturated carbocycles. The molecule has 1 aromatic heterocycles. The van der Waals surface area contributed by atoms with E-state index >= 15 is 0 Å². The molecule has 0 amide bonds. The minimum Gasteiger partial charge on any atom is -0.359 e. The Balaban J connectivity index is 1.93. The number of benzene rings is 2. The van der Waals surface area contributed by atoms with Crippen LogP contribution in [-0.2, 0) is 0 Å². The van der Waals surface area contributed by atoms with E-state index < -0.39 is 0 Å². The Kier molecular flexibility index (Phi) is 2.65. The first-order valence-electron chi connectivity index (χ1n) is 5.77. The van der Waals surface area contributed by atoms with Crippen LogP contribution in [0.25, 0.3) is 10.8 Å². The molecule has 0 bridgehead atoms. The van der Waals surface area contributed by atoms with Crippen molar-refractivity contribution in [1.82, 2.24) is 5.16 Å². The number of aryl methyl sites for hydroxylation is 1. The monoisotopic (exact) mass is 236 g/mol. The largest absolute Gasteiger partial charge is 0.359 e. The second kappa shape index (κ2) is 4.45. The van der Waals surface area contributed by atoms with Gasteiger partial charge in [0, 0.05) is 12.3 Å². The molecule has 88 valence electrons.